The molecule has 11 heteroatoms. The predicted octanol–water partition coefficient (Wildman–Crippen LogP) is 3.29. The van der Waals surface area contributed by atoms with E-state index >= 15 is 0 Å². The second-order valence-electron chi connectivity index (χ2n) is 7.28. The van der Waals surface area contributed by atoms with Crippen LogP contribution in [0.25, 0.3) is 0 Å². The molecular formula is C21H27N3O6S2. The van der Waals surface area contributed by atoms with Gasteiger partial charge in [0, 0.05) is 6.54 Å². The van der Waals surface area contributed by atoms with E-state index in [1.807, 2.05) is 12.2 Å². The molecule has 0 aromatic heterocycles. The molecule has 0 aliphatic rings. The molecule has 32 heavy (non-hydrogen) atoms. The van der Waals surface area contributed by atoms with Crippen molar-refractivity contribution in [2.45, 2.75) is 49.8 Å². The third kappa shape index (κ3) is 6.54. The van der Waals surface area contributed by atoms with Crippen LogP contribution in [0.3, 0.4) is 0 Å². The lowest BCUT2D eigenvalue weighted by atomic mass is 10.2. The van der Waals surface area contributed by atoms with Gasteiger partial charge in [0.15, 0.2) is 0 Å². The van der Waals surface area contributed by atoms with Crippen molar-refractivity contribution in [1.29, 1.82) is 0 Å². The van der Waals surface area contributed by atoms with E-state index in [4.69, 9.17) is 0 Å². The number of aryl methyl sites for hydroxylation is 2. The van der Waals surface area contributed by atoms with E-state index < -0.39 is 32.1 Å². The summed E-state index contributed by atoms with van der Waals surface area (Å²) in [6, 6.07) is 9.07. The number of hydrogen-bond donors (Lipinski definition) is 2. The fourth-order valence-electron chi connectivity index (χ4n) is 2.76. The van der Waals surface area contributed by atoms with Gasteiger partial charge in [-0.3, -0.25) is 5.32 Å². The number of imide groups is 1. The van der Waals surface area contributed by atoms with Gasteiger partial charge in [0.25, 0.3) is 20.0 Å². The minimum Gasteiger partial charge on any atom is -0.258 e. The maximum absolute atomic E-state index is 13.0. The minimum atomic E-state index is -4.25. The normalized spacial score (nSPS) is 11.6. The van der Waals surface area contributed by atoms with Gasteiger partial charge in [-0.1, -0.05) is 55.2 Å². The number of sulfonamides is 2. The lowest BCUT2D eigenvalue weighted by Gasteiger charge is -2.22. The average molecular weight is 482 g/mol. The molecule has 0 atom stereocenters. The summed E-state index contributed by atoms with van der Waals surface area (Å²) in [6.07, 6.45) is 1.84. The van der Waals surface area contributed by atoms with Gasteiger partial charge in [-0.05, 0) is 44.5 Å². The molecule has 4 amide bonds. The van der Waals surface area contributed by atoms with Crippen LogP contribution in [-0.4, -0.2) is 39.7 Å². The first-order valence-corrected chi connectivity index (χ1v) is 12.9. The van der Waals surface area contributed by atoms with Crippen molar-refractivity contribution in [2.24, 2.45) is 0 Å². The van der Waals surface area contributed by atoms with Gasteiger partial charge in [0.2, 0.25) is 0 Å². The number of urea groups is 2. The van der Waals surface area contributed by atoms with E-state index in [9.17, 15) is 26.4 Å². The van der Waals surface area contributed by atoms with Crippen LogP contribution in [0.1, 0.15) is 37.3 Å². The van der Waals surface area contributed by atoms with Crippen LogP contribution in [0.5, 0.6) is 0 Å². The largest absolute Gasteiger partial charge is 0.339 e. The number of benzene rings is 2. The first-order valence-electron chi connectivity index (χ1n) is 10.0. The van der Waals surface area contributed by atoms with Crippen LogP contribution >= 0.6 is 0 Å². The summed E-state index contributed by atoms with van der Waals surface area (Å²) in [5.74, 6) is 0. The van der Waals surface area contributed by atoms with Crippen LogP contribution in [0.4, 0.5) is 9.59 Å². The highest BCUT2D eigenvalue weighted by atomic mass is 32.2. The van der Waals surface area contributed by atoms with Gasteiger partial charge in [0.05, 0.1) is 9.79 Å². The Morgan fingerprint density at radius 2 is 1.31 bits per heavy atom. The molecule has 0 fully saturated rings. The molecule has 0 radical (unpaired) electrons. The van der Waals surface area contributed by atoms with E-state index in [-0.39, 0.29) is 16.3 Å². The van der Waals surface area contributed by atoms with Gasteiger partial charge in [-0.2, -0.15) is 0 Å². The SMILES string of the molecule is CCCCCN(C(=O)NC(=O)NS(=O)(=O)c1ccc(C)cc1)S(=O)(=O)c1ccc(C)cc1. The van der Waals surface area contributed by atoms with Crippen LogP contribution in [0.2, 0.25) is 0 Å². The third-order valence-electron chi connectivity index (χ3n) is 4.58. The highest BCUT2D eigenvalue weighted by molar-refractivity contribution is 7.90. The van der Waals surface area contributed by atoms with Crippen LogP contribution in [-0.2, 0) is 20.0 Å². The third-order valence-corrected chi connectivity index (χ3v) is 7.72. The van der Waals surface area contributed by atoms with E-state index in [1.54, 1.807) is 42.8 Å². The number of nitrogens with one attached hydrogen (secondary N) is 2. The highest BCUT2D eigenvalue weighted by Crippen LogP contribution is 2.18. The molecule has 0 unspecified atom stereocenters. The smallest absolute Gasteiger partial charge is 0.258 e. The fourth-order valence-corrected chi connectivity index (χ4v) is 5.03. The molecule has 0 saturated carbocycles. The molecule has 0 heterocycles. The van der Waals surface area contributed by atoms with Crippen LogP contribution in [0.15, 0.2) is 58.3 Å². The number of nitrogens with zero attached hydrogens (tertiary/aromatic N) is 1. The summed E-state index contributed by atoms with van der Waals surface area (Å²) >= 11 is 0. The molecule has 2 rings (SSSR count). The molecule has 174 valence electrons. The zero-order chi connectivity index (χ0) is 23.9. The van der Waals surface area contributed by atoms with Crippen molar-refractivity contribution in [1.82, 2.24) is 14.3 Å². The van der Waals surface area contributed by atoms with E-state index in [2.05, 4.69) is 0 Å². The topological polar surface area (TPSA) is 130 Å². The molecule has 9 nitrogen and oxygen atoms in total. The van der Waals surface area contributed by atoms with Gasteiger partial charge < -0.3 is 0 Å². The van der Waals surface area contributed by atoms with E-state index in [1.165, 1.54) is 24.3 Å². The summed E-state index contributed by atoms with van der Waals surface area (Å²) in [5.41, 5.74) is 1.67. The highest BCUT2D eigenvalue weighted by Gasteiger charge is 2.31. The molecule has 2 N–H and O–H groups in total. The Hall–Kier alpha value is -2.92. The minimum absolute atomic E-state index is 0.109. The maximum atomic E-state index is 13.0. The van der Waals surface area contributed by atoms with Gasteiger partial charge in [-0.25, -0.2) is 35.5 Å². The van der Waals surface area contributed by atoms with Crippen molar-refractivity contribution in [3.05, 3.63) is 59.7 Å². The first-order chi connectivity index (χ1) is 15.0. The zero-order valence-electron chi connectivity index (χ0n) is 18.2. The number of hydrogen-bond acceptors (Lipinski definition) is 6. The summed E-state index contributed by atoms with van der Waals surface area (Å²) in [7, 11) is -8.50. The van der Waals surface area contributed by atoms with E-state index in [0.717, 1.165) is 17.5 Å². The second-order valence-corrected chi connectivity index (χ2v) is 10.8. The Morgan fingerprint density at radius 1 is 0.812 bits per heavy atom. The molecule has 0 bridgehead atoms. The number of carbonyl (C=O) groups is 2. The Morgan fingerprint density at radius 3 is 1.81 bits per heavy atom. The number of unbranched alkanes of at least 4 members (excludes halogenated alkanes) is 2. The van der Waals surface area contributed by atoms with Crippen molar-refractivity contribution >= 4 is 32.1 Å². The molecule has 2 aromatic carbocycles. The van der Waals surface area contributed by atoms with Crippen LogP contribution in [0, 0.1) is 13.8 Å². The lowest BCUT2D eigenvalue weighted by molar-refractivity contribution is 0.216. The molecule has 0 saturated heterocycles. The second kappa shape index (κ2) is 10.6. The number of rotatable bonds is 8. The summed E-state index contributed by atoms with van der Waals surface area (Å²) in [5, 5.41) is 1.81. The number of amides is 4. The molecule has 0 spiro atoms. The summed E-state index contributed by atoms with van der Waals surface area (Å²) in [6.45, 7) is 5.33. The molecule has 2 aromatic rings. The lowest BCUT2D eigenvalue weighted by Crippen LogP contribution is -2.50. The predicted molar refractivity (Wildman–Crippen MR) is 120 cm³/mol. The van der Waals surface area contributed by atoms with E-state index in [0.29, 0.717) is 17.1 Å². The molecule has 0 aliphatic carbocycles. The maximum Gasteiger partial charge on any atom is 0.339 e. The van der Waals surface area contributed by atoms with Crippen molar-refractivity contribution < 1.29 is 26.4 Å². The first kappa shape index (κ1) is 25.3. The Kier molecular flexibility index (Phi) is 8.39. The number of carbonyl (C=O) groups excluding carboxylic acids is 2. The van der Waals surface area contributed by atoms with Gasteiger partial charge in [0.1, 0.15) is 0 Å². The monoisotopic (exact) mass is 481 g/mol. The Labute approximate surface area is 188 Å². The van der Waals surface area contributed by atoms with Crippen molar-refractivity contribution in [3.8, 4) is 0 Å². The molecule has 0 aliphatic heterocycles. The van der Waals surface area contributed by atoms with Crippen molar-refractivity contribution in [3.63, 3.8) is 0 Å². The summed E-state index contributed by atoms with van der Waals surface area (Å²) in [4.78, 5) is 24.6. The quantitative estimate of drug-likeness (QED) is 0.557. The fraction of sp³-hybridized carbons (Fsp3) is 0.333. The Bertz CT molecular complexity index is 1160. The molecular weight excluding hydrogens is 454 g/mol. The van der Waals surface area contributed by atoms with Crippen molar-refractivity contribution in [2.75, 3.05) is 6.54 Å². The Balaban J connectivity index is 2.21. The van der Waals surface area contributed by atoms with Gasteiger partial charge >= 0.3 is 12.1 Å². The van der Waals surface area contributed by atoms with Gasteiger partial charge in [-0.15, -0.1) is 0 Å². The standard InChI is InChI=1S/C21H27N3O6S2/c1-4-5-6-15-24(32(29,30)19-13-9-17(3)10-14-19)21(26)22-20(25)23-31(27,28)18-11-7-16(2)8-12-18/h7-14H,4-6,15H2,1-3H3,(H2,22,23,25,26). The zero-order valence-corrected chi connectivity index (χ0v) is 19.8. The average Bonchev–Trinajstić information content (AvgIpc) is 2.71. The summed E-state index contributed by atoms with van der Waals surface area (Å²) < 4.78 is 53.0. The van der Waals surface area contributed by atoms with Crippen LogP contribution < -0.4 is 10.0 Å².